The quantitative estimate of drug-likeness (QED) is 0.688. The molecule has 13 heavy (non-hydrogen) atoms. The Labute approximate surface area is 79.5 Å². The van der Waals surface area contributed by atoms with Crippen LogP contribution in [0.1, 0.15) is 33.1 Å². The van der Waals surface area contributed by atoms with Crippen molar-refractivity contribution in [2.24, 2.45) is 0 Å². The molecule has 1 unspecified atom stereocenters. The van der Waals surface area contributed by atoms with Crippen molar-refractivity contribution in [3.8, 4) is 0 Å². The summed E-state index contributed by atoms with van der Waals surface area (Å²) in [5.74, 6) is -0.833. The number of carboxylic acid groups (broad SMARTS) is 1. The maximum atomic E-state index is 9.00. The number of carbonyl (C=O) groups is 1. The summed E-state index contributed by atoms with van der Waals surface area (Å²) in [5, 5.41) is 16.0. The molecule has 0 aromatic carbocycles. The van der Waals surface area contributed by atoms with Crippen LogP contribution in [0.4, 0.5) is 0 Å². The fraction of sp³-hybridized carbons (Fsp3) is 0.889. The Morgan fingerprint density at radius 3 is 2.23 bits per heavy atom. The van der Waals surface area contributed by atoms with E-state index in [1.165, 1.54) is 6.42 Å². The van der Waals surface area contributed by atoms with Crippen LogP contribution in [0, 0.1) is 0 Å². The molecule has 4 heteroatoms. The summed E-state index contributed by atoms with van der Waals surface area (Å²) in [6.07, 6.45) is 3.34. The van der Waals surface area contributed by atoms with Crippen LogP contribution in [0.15, 0.2) is 0 Å². The van der Waals surface area contributed by atoms with Crippen molar-refractivity contribution in [1.82, 2.24) is 0 Å². The van der Waals surface area contributed by atoms with Gasteiger partial charge in [-0.05, 0) is 6.42 Å². The molecule has 0 aliphatic rings. The number of hydrogen-bond donors (Lipinski definition) is 2. The summed E-state index contributed by atoms with van der Waals surface area (Å²) < 4.78 is 4.95. The van der Waals surface area contributed by atoms with E-state index in [0.717, 1.165) is 19.8 Å². The van der Waals surface area contributed by atoms with E-state index in [1.54, 1.807) is 7.11 Å². The first-order chi connectivity index (χ1) is 6.08. The molecular formula is C9H20O4. The Hall–Kier alpha value is -0.610. The summed E-state index contributed by atoms with van der Waals surface area (Å²) in [5.41, 5.74) is 0. The number of unbranched alkanes of at least 4 members (excludes halogenated alkanes) is 1. The van der Waals surface area contributed by atoms with Crippen LogP contribution in [0.25, 0.3) is 0 Å². The zero-order valence-corrected chi connectivity index (χ0v) is 8.62. The Balaban J connectivity index is 0. The minimum absolute atomic E-state index is 0.0601. The molecule has 0 amide bonds. The van der Waals surface area contributed by atoms with Gasteiger partial charge >= 0.3 is 0 Å². The number of aliphatic hydroxyl groups excluding tert-OH is 1. The maximum absolute atomic E-state index is 9.00. The molecule has 2 N–H and O–H groups in total. The molecule has 0 aromatic heterocycles. The maximum Gasteiger partial charge on any atom is 0.300 e. The van der Waals surface area contributed by atoms with Crippen molar-refractivity contribution in [2.45, 2.75) is 39.2 Å². The second-order valence-electron chi connectivity index (χ2n) is 2.70. The SMILES string of the molecule is CC(=O)O.CCCCC(CO)OC. The lowest BCUT2D eigenvalue weighted by molar-refractivity contribution is -0.134. The van der Waals surface area contributed by atoms with Gasteiger partial charge in [0.2, 0.25) is 0 Å². The van der Waals surface area contributed by atoms with Gasteiger partial charge in [0.05, 0.1) is 12.7 Å². The molecule has 0 aliphatic heterocycles. The summed E-state index contributed by atoms with van der Waals surface area (Å²) in [6.45, 7) is 3.36. The minimum atomic E-state index is -0.833. The van der Waals surface area contributed by atoms with Crippen LogP contribution in [0.5, 0.6) is 0 Å². The van der Waals surface area contributed by atoms with Crippen LogP contribution in [-0.2, 0) is 9.53 Å². The molecule has 0 spiro atoms. The number of hydrogen-bond acceptors (Lipinski definition) is 3. The first-order valence-electron chi connectivity index (χ1n) is 4.41. The first kappa shape index (κ1) is 14.9. The third-order valence-electron chi connectivity index (χ3n) is 1.42. The van der Waals surface area contributed by atoms with Gasteiger partial charge in [-0.25, -0.2) is 0 Å². The van der Waals surface area contributed by atoms with E-state index < -0.39 is 5.97 Å². The monoisotopic (exact) mass is 192 g/mol. The van der Waals surface area contributed by atoms with Crippen LogP contribution < -0.4 is 0 Å². The Kier molecular flexibility index (Phi) is 13.0. The molecule has 0 bridgehead atoms. The Morgan fingerprint density at radius 1 is 1.54 bits per heavy atom. The second kappa shape index (κ2) is 11.4. The van der Waals surface area contributed by atoms with Crippen LogP contribution in [0.3, 0.4) is 0 Å². The highest BCUT2D eigenvalue weighted by Crippen LogP contribution is 2.01. The number of aliphatic hydroxyl groups is 1. The highest BCUT2D eigenvalue weighted by molar-refractivity contribution is 5.62. The molecule has 4 nitrogen and oxygen atoms in total. The van der Waals surface area contributed by atoms with E-state index in [0.29, 0.717) is 0 Å². The molecule has 0 saturated heterocycles. The highest BCUT2D eigenvalue weighted by atomic mass is 16.5. The van der Waals surface area contributed by atoms with Gasteiger partial charge in [-0.2, -0.15) is 0 Å². The lowest BCUT2D eigenvalue weighted by Crippen LogP contribution is -2.14. The fourth-order valence-electron chi connectivity index (χ4n) is 0.715. The average molecular weight is 192 g/mol. The molecule has 0 radical (unpaired) electrons. The number of ether oxygens (including phenoxy) is 1. The van der Waals surface area contributed by atoms with Gasteiger partial charge in [0.25, 0.3) is 5.97 Å². The summed E-state index contributed by atoms with van der Waals surface area (Å²) >= 11 is 0. The van der Waals surface area contributed by atoms with Crippen molar-refractivity contribution in [2.75, 3.05) is 13.7 Å². The largest absolute Gasteiger partial charge is 0.481 e. The highest BCUT2D eigenvalue weighted by Gasteiger charge is 2.02. The fourth-order valence-corrected chi connectivity index (χ4v) is 0.715. The molecule has 0 saturated carbocycles. The van der Waals surface area contributed by atoms with Gasteiger partial charge in [0, 0.05) is 14.0 Å². The van der Waals surface area contributed by atoms with Crippen molar-refractivity contribution >= 4 is 5.97 Å². The van der Waals surface area contributed by atoms with E-state index in [4.69, 9.17) is 19.7 Å². The van der Waals surface area contributed by atoms with Crippen molar-refractivity contribution in [3.63, 3.8) is 0 Å². The predicted molar refractivity (Wildman–Crippen MR) is 50.7 cm³/mol. The lowest BCUT2D eigenvalue weighted by Gasteiger charge is -2.09. The summed E-state index contributed by atoms with van der Waals surface area (Å²) in [6, 6.07) is 0. The molecule has 0 fully saturated rings. The number of methoxy groups -OCH3 is 1. The third kappa shape index (κ3) is 18.4. The number of rotatable bonds is 5. The molecule has 0 heterocycles. The van der Waals surface area contributed by atoms with E-state index >= 15 is 0 Å². The zero-order chi connectivity index (χ0) is 10.7. The average Bonchev–Trinajstić information content (AvgIpc) is 2.06. The normalized spacial score (nSPS) is 11.4. The van der Waals surface area contributed by atoms with Crippen LogP contribution in [0.2, 0.25) is 0 Å². The van der Waals surface area contributed by atoms with Gasteiger partial charge in [0.1, 0.15) is 0 Å². The smallest absolute Gasteiger partial charge is 0.300 e. The van der Waals surface area contributed by atoms with Gasteiger partial charge in [-0.15, -0.1) is 0 Å². The molecule has 0 aromatic rings. The van der Waals surface area contributed by atoms with Gasteiger partial charge in [0.15, 0.2) is 0 Å². The van der Waals surface area contributed by atoms with Crippen LogP contribution in [-0.4, -0.2) is 36.0 Å². The molecule has 0 aliphatic carbocycles. The van der Waals surface area contributed by atoms with Crippen molar-refractivity contribution < 1.29 is 19.7 Å². The molecular weight excluding hydrogens is 172 g/mol. The van der Waals surface area contributed by atoms with Gasteiger partial charge in [-0.1, -0.05) is 19.8 Å². The summed E-state index contributed by atoms with van der Waals surface area (Å²) in [4.78, 5) is 9.00. The van der Waals surface area contributed by atoms with E-state index in [9.17, 15) is 0 Å². The van der Waals surface area contributed by atoms with E-state index in [1.807, 2.05) is 0 Å². The van der Waals surface area contributed by atoms with Gasteiger partial charge < -0.3 is 14.9 Å². The third-order valence-corrected chi connectivity index (χ3v) is 1.42. The summed E-state index contributed by atoms with van der Waals surface area (Å²) in [7, 11) is 1.64. The van der Waals surface area contributed by atoms with E-state index in [2.05, 4.69) is 6.92 Å². The van der Waals surface area contributed by atoms with Crippen LogP contribution >= 0.6 is 0 Å². The lowest BCUT2D eigenvalue weighted by atomic mass is 10.2. The predicted octanol–water partition coefficient (Wildman–Crippen LogP) is 1.27. The first-order valence-corrected chi connectivity index (χ1v) is 4.41. The molecule has 1 atom stereocenters. The number of carboxylic acids is 1. The number of aliphatic carboxylic acids is 1. The standard InChI is InChI=1S/C7H16O2.C2H4O2/c1-3-4-5-7(6-8)9-2;1-2(3)4/h7-8H,3-6H2,1-2H3;1H3,(H,3,4). The molecule has 80 valence electrons. The topological polar surface area (TPSA) is 66.8 Å². The van der Waals surface area contributed by atoms with Crippen molar-refractivity contribution in [1.29, 1.82) is 0 Å². The Morgan fingerprint density at radius 2 is 2.00 bits per heavy atom. The minimum Gasteiger partial charge on any atom is -0.481 e. The zero-order valence-electron chi connectivity index (χ0n) is 8.62. The van der Waals surface area contributed by atoms with E-state index in [-0.39, 0.29) is 12.7 Å². The van der Waals surface area contributed by atoms with Crippen molar-refractivity contribution in [3.05, 3.63) is 0 Å². The van der Waals surface area contributed by atoms with Gasteiger partial charge in [-0.3, -0.25) is 4.79 Å². The Bertz CT molecular complexity index is 106. The second-order valence-corrected chi connectivity index (χ2v) is 2.70. The molecule has 0 rings (SSSR count).